The van der Waals surface area contributed by atoms with E-state index in [-0.39, 0.29) is 0 Å². The Labute approximate surface area is 82.6 Å². The summed E-state index contributed by atoms with van der Waals surface area (Å²) in [5.41, 5.74) is 2.69. The van der Waals surface area contributed by atoms with Gasteiger partial charge in [-0.25, -0.2) is 0 Å². The maximum absolute atomic E-state index is 4.29. The molecular formula is C10H12N4. The standard InChI is InChI=1S/C10H12N4/c1-3-8-6-12-10(7-11-8)9-4-5-14(2)13-9/h4-7H,3H2,1-2H3. The summed E-state index contributed by atoms with van der Waals surface area (Å²) in [6, 6.07) is 1.93. The van der Waals surface area contributed by atoms with Gasteiger partial charge < -0.3 is 0 Å². The maximum atomic E-state index is 4.29. The van der Waals surface area contributed by atoms with E-state index in [1.807, 2.05) is 19.3 Å². The van der Waals surface area contributed by atoms with Crippen molar-refractivity contribution in [2.24, 2.45) is 7.05 Å². The first kappa shape index (κ1) is 8.87. The molecule has 2 rings (SSSR count). The molecule has 2 aromatic heterocycles. The summed E-state index contributed by atoms with van der Waals surface area (Å²) in [4.78, 5) is 8.57. The van der Waals surface area contributed by atoms with E-state index in [0.717, 1.165) is 23.5 Å². The fraction of sp³-hybridized carbons (Fsp3) is 0.300. The summed E-state index contributed by atoms with van der Waals surface area (Å²) in [6.07, 6.45) is 6.37. The lowest BCUT2D eigenvalue weighted by Gasteiger charge is -1.97. The van der Waals surface area contributed by atoms with Crippen molar-refractivity contribution < 1.29 is 0 Å². The molecule has 4 nitrogen and oxygen atoms in total. The van der Waals surface area contributed by atoms with Crippen LogP contribution in [0.2, 0.25) is 0 Å². The zero-order chi connectivity index (χ0) is 9.97. The third kappa shape index (κ3) is 1.64. The maximum Gasteiger partial charge on any atom is 0.112 e. The topological polar surface area (TPSA) is 43.6 Å². The van der Waals surface area contributed by atoms with Crippen molar-refractivity contribution >= 4 is 0 Å². The van der Waals surface area contributed by atoms with Gasteiger partial charge in [0, 0.05) is 19.4 Å². The van der Waals surface area contributed by atoms with Gasteiger partial charge in [0.05, 0.1) is 11.9 Å². The van der Waals surface area contributed by atoms with Crippen LogP contribution < -0.4 is 0 Å². The second kappa shape index (κ2) is 3.57. The fourth-order valence-electron chi connectivity index (χ4n) is 1.22. The summed E-state index contributed by atoms with van der Waals surface area (Å²) in [5, 5.41) is 4.25. The van der Waals surface area contributed by atoms with Crippen LogP contribution in [-0.4, -0.2) is 19.7 Å². The van der Waals surface area contributed by atoms with E-state index >= 15 is 0 Å². The molecule has 0 amide bonds. The molecule has 2 aromatic rings. The van der Waals surface area contributed by atoms with Crippen LogP contribution in [0.15, 0.2) is 24.7 Å². The summed E-state index contributed by atoms with van der Waals surface area (Å²) in [6.45, 7) is 2.06. The quantitative estimate of drug-likeness (QED) is 0.716. The van der Waals surface area contributed by atoms with Gasteiger partial charge in [0.1, 0.15) is 11.4 Å². The van der Waals surface area contributed by atoms with Crippen molar-refractivity contribution in [1.82, 2.24) is 19.7 Å². The van der Waals surface area contributed by atoms with Crippen LogP contribution in [0.25, 0.3) is 11.4 Å². The molecule has 0 fully saturated rings. The van der Waals surface area contributed by atoms with Crippen LogP contribution in [0, 0.1) is 0 Å². The predicted octanol–water partition coefficient (Wildman–Crippen LogP) is 1.44. The lowest BCUT2D eigenvalue weighted by Crippen LogP contribution is -1.93. The van der Waals surface area contributed by atoms with Crippen molar-refractivity contribution in [1.29, 1.82) is 0 Å². The Hall–Kier alpha value is -1.71. The second-order valence-corrected chi connectivity index (χ2v) is 3.12. The Morgan fingerprint density at radius 1 is 1.21 bits per heavy atom. The summed E-state index contributed by atoms with van der Waals surface area (Å²) in [7, 11) is 1.89. The van der Waals surface area contributed by atoms with Gasteiger partial charge in [-0.05, 0) is 12.5 Å². The van der Waals surface area contributed by atoms with E-state index in [1.165, 1.54) is 0 Å². The Bertz CT molecular complexity index is 416. The smallest absolute Gasteiger partial charge is 0.112 e. The minimum absolute atomic E-state index is 0.822. The highest BCUT2D eigenvalue weighted by Gasteiger charge is 2.02. The number of nitrogens with zero attached hydrogens (tertiary/aromatic N) is 4. The molecule has 0 aromatic carbocycles. The lowest BCUT2D eigenvalue weighted by atomic mass is 10.3. The normalized spacial score (nSPS) is 10.4. The highest BCUT2D eigenvalue weighted by atomic mass is 15.2. The van der Waals surface area contributed by atoms with E-state index in [9.17, 15) is 0 Å². The Kier molecular flexibility index (Phi) is 2.26. The van der Waals surface area contributed by atoms with Gasteiger partial charge in [0.25, 0.3) is 0 Å². The fourth-order valence-corrected chi connectivity index (χ4v) is 1.22. The second-order valence-electron chi connectivity index (χ2n) is 3.12. The molecule has 0 unspecified atom stereocenters. The molecule has 2 heterocycles. The van der Waals surface area contributed by atoms with Crippen LogP contribution >= 0.6 is 0 Å². The third-order valence-electron chi connectivity index (χ3n) is 2.04. The molecule has 72 valence electrons. The highest BCUT2D eigenvalue weighted by molar-refractivity contribution is 5.51. The van der Waals surface area contributed by atoms with Crippen LogP contribution in [0.3, 0.4) is 0 Å². The molecule has 0 saturated carbocycles. The van der Waals surface area contributed by atoms with E-state index in [0.29, 0.717) is 0 Å². The molecule has 0 aliphatic heterocycles. The number of hydrogen-bond donors (Lipinski definition) is 0. The first-order chi connectivity index (χ1) is 6.79. The average molecular weight is 188 g/mol. The summed E-state index contributed by atoms with van der Waals surface area (Å²) >= 11 is 0. The molecular weight excluding hydrogens is 176 g/mol. The minimum atomic E-state index is 0.822. The SMILES string of the molecule is CCc1cnc(-c2ccn(C)n2)cn1. The largest absolute Gasteiger partial charge is 0.275 e. The van der Waals surface area contributed by atoms with Crippen LogP contribution in [0.1, 0.15) is 12.6 Å². The van der Waals surface area contributed by atoms with Gasteiger partial charge in [-0.2, -0.15) is 5.10 Å². The van der Waals surface area contributed by atoms with Gasteiger partial charge in [-0.3, -0.25) is 14.6 Å². The van der Waals surface area contributed by atoms with Gasteiger partial charge in [0.15, 0.2) is 0 Å². The van der Waals surface area contributed by atoms with Crippen molar-refractivity contribution in [2.75, 3.05) is 0 Å². The molecule has 0 bridgehead atoms. The molecule has 14 heavy (non-hydrogen) atoms. The number of aromatic nitrogens is 4. The Balaban J connectivity index is 2.33. The van der Waals surface area contributed by atoms with Crippen molar-refractivity contribution in [2.45, 2.75) is 13.3 Å². The van der Waals surface area contributed by atoms with E-state index in [2.05, 4.69) is 22.0 Å². The Morgan fingerprint density at radius 3 is 2.57 bits per heavy atom. The zero-order valence-corrected chi connectivity index (χ0v) is 8.31. The molecule has 0 saturated heterocycles. The minimum Gasteiger partial charge on any atom is -0.275 e. The lowest BCUT2D eigenvalue weighted by molar-refractivity contribution is 0.769. The first-order valence-corrected chi connectivity index (χ1v) is 4.60. The van der Waals surface area contributed by atoms with Crippen molar-refractivity contribution in [3.63, 3.8) is 0 Å². The summed E-state index contributed by atoms with van der Waals surface area (Å²) < 4.78 is 1.75. The number of aryl methyl sites for hydroxylation is 2. The van der Waals surface area contributed by atoms with Gasteiger partial charge in [-0.15, -0.1) is 0 Å². The van der Waals surface area contributed by atoms with Crippen LogP contribution in [0.5, 0.6) is 0 Å². The first-order valence-electron chi connectivity index (χ1n) is 4.60. The van der Waals surface area contributed by atoms with Crippen LogP contribution in [0.4, 0.5) is 0 Å². The zero-order valence-electron chi connectivity index (χ0n) is 8.31. The average Bonchev–Trinajstić information content (AvgIpc) is 2.65. The van der Waals surface area contributed by atoms with Gasteiger partial charge in [0.2, 0.25) is 0 Å². The van der Waals surface area contributed by atoms with Crippen molar-refractivity contribution in [3.05, 3.63) is 30.4 Å². The highest BCUT2D eigenvalue weighted by Crippen LogP contribution is 2.11. The monoisotopic (exact) mass is 188 g/mol. The van der Waals surface area contributed by atoms with E-state index < -0.39 is 0 Å². The number of rotatable bonds is 2. The molecule has 0 radical (unpaired) electrons. The van der Waals surface area contributed by atoms with Gasteiger partial charge >= 0.3 is 0 Å². The third-order valence-corrected chi connectivity index (χ3v) is 2.04. The van der Waals surface area contributed by atoms with Gasteiger partial charge in [-0.1, -0.05) is 6.92 Å². The molecule has 0 aliphatic rings. The number of hydrogen-bond acceptors (Lipinski definition) is 3. The van der Waals surface area contributed by atoms with Crippen LogP contribution in [-0.2, 0) is 13.5 Å². The Morgan fingerprint density at radius 2 is 2.07 bits per heavy atom. The molecule has 0 N–H and O–H groups in total. The molecule has 0 atom stereocenters. The summed E-state index contributed by atoms with van der Waals surface area (Å²) in [5.74, 6) is 0. The molecule has 4 heteroatoms. The molecule has 0 spiro atoms. The predicted molar refractivity (Wildman–Crippen MR) is 53.6 cm³/mol. The molecule has 0 aliphatic carbocycles. The van der Waals surface area contributed by atoms with Crippen molar-refractivity contribution in [3.8, 4) is 11.4 Å². The van der Waals surface area contributed by atoms with E-state index in [1.54, 1.807) is 17.1 Å². The van der Waals surface area contributed by atoms with E-state index in [4.69, 9.17) is 0 Å².